The van der Waals surface area contributed by atoms with E-state index in [0.717, 1.165) is 79.1 Å². The number of aryl methyl sites for hydroxylation is 1. The molecule has 9 heteroatoms. The third kappa shape index (κ3) is 4.31. The molecule has 0 radical (unpaired) electrons. The molecule has 1 aromatic carbocycles. The second kappa shape index (κ2) is 9.40. The summed E-state index contributed by atoms with van der Waals surface area (Å²) in [7, 11) is 0. The summed E-state index contributed by atoms with van der Waals surface area (Å²) in [4.78, 5) is 15.9. The van der Waals surface area contributed by atoms with Gasteiger partial charge in [-0.3, -0.25) is 4.57 Å². The molecule has 6 nitrogen and oxygen atoms in total. The van der Waals surface area contributed by atoms with Crippen LogP contribution in [0.15, 0.2) is 23.0 Å². The molecule has 1 saturated heterocycles. The van der Waals surface area contributed by atoms with E-state index in [9.17, 15) is 14.3 Å². The van der Waals surface area contributed by atoms with Crippen LogP contribution < -0.4 is 5.69 Å². The number of aliphatic hydroxyl groups is 1. The first-order valence-corrected chi connectivity index (χ1v) is 11.7. The molecule has 3 aromatic rings. The van der Waals surface area contributed by atoms with E-state index >= 15 is 0 Å². The third-order valence-corrected chi connectivity index (χ3v) is 7.72. The molecule has 168 valence electrons. The lowest BCUT2D eigenvalue weighted by molar-refractivity contribution is 0.201. The van der Waals surface area contributed by atoms with Gasteiger partial charge >= 0.3 is 5.69 Å². The minimum Gasteiger partial charge on any atom is -0.391 e. The number of piperidine rings is 1. The first-order valence-electron chi connectivity index (χ1n) is 10.8. The smallest absolute Gasteiger partial charge is 0.345 e. The monoisotopic (exact) mass is 466 g/mol. The highest BCUT2D eigenvalue weighted by atomic mass is 35.5. The largest absolute Gasteiger partial charge is 0.391 e. The zero-order valence-corrected chi connectivity index (χ0v) is 19.1. The van der Waals surface area contributed by atoms with Gasteiger partial charge in [-0.05, 0) is 67.8 Å². The van der Waals surface area contributed by atoms with Crippen molar-refractivity contribution < 1.29 is 9.50 Å². The molecular weight excluding hydrogens is 439 g/mol. The van der Waals surface area contributed by atoms with Crippen LogP contribution in [0.3, 0.4) is 0 Å². The van der Waals surface area contributed by atoms with Crippen molar-refractivity contribution in [2.75, 3.05) is 19.6 Å². The van der Waals surface area contributed by atoms with Gasteiger partial charge in [0.15, 0.2) is 0 Å². The molecule has 5 rings (SSSR count). The molecular formula is C22H28ClFN4O2S. The van der Waals surface area contributed by atoms with Crippen molar-refractivity contribution in [1.82, 2.24) is 19.2 Å². The van der Waals surface area contributed by atoms with Gasteiger partial charge in [0.25, 0.3) is 0 Å². The predicted molar refractivity (Wildman–Crippen MR) is 123 cm³/mol. The van der Waals surface area contributed by atoms with Gasteiger partial charge in [0.05, 0.1) is 13.2 Å². The van der Waals surface area contributed by atoms with Crippen molar-refractivity contribution in [2.24, 2.45) is 0 Å². The minimum atomic E-state index is -0.231. The fourth-order valence-electron chi connectivity index (χ4n) is 4.98. The molecule has 0 spiro atoms. The summed E-state index contributed by atoms with van der Waals surface area (Å²) >= 11 is 1.50. The summed E-state index contributed by atoms with van der Waals surface area (Å²) in [5, 5.41) is 15.5. The van der Waals surface area contributed by atoms with Crippen LogP contribution in [0.4, 0.5) is 4.39 Å². The fraction of sp³-hybridized carbons (Fsp3) is 0.545. The zero-order chi connectivity index (χ0) is 20.7. The number of hydrogen-bond acceptors (Lipinski definition) is 5. The molecule has 2 aliphatic rings. The molecule has 0 atom stereocenters. The highest BCUT2D eigenvalue weighted by Crippen LogP contribution is 2.40. The van der Waals surface area contributed by atoms with Crippen LogP contribution in [-0.2, 0) is 26.1 Å². The van der Waals surface area contributed by atoms with Crippen LogP contribution in [-0.4, -0.2) is 44.0 Å². The Morgan fingerprint density at radius 2 is 1.97 bits per heavy atom. The van der Waals surface area contributed by atoms with Crippen molar-refractivity contribution >= 4 is 33.8 Å². The summed E-state index contributed by atoms with van der Waals surface area (Å²) in [6, 6.07) is 4.94. The van der Waals surface area contributed by atoms with Gasteiger partial charge in [0.1, 0.15) is 11.6 Å². The van der Waals surface area contributed by atoms with Gasteiger partial charge < -0.3 is 10.0 Å². The normalized spacial score (nSPS) is 17.6. The molecule has 0 saturated carbocycles. The van der Waals surface area contributed by atoms with Gasteiger partial charge in [-0.2, -0.15) is 5.10 Å². The Hall–Kier alpha value is -1.74. The van der Waals surface area contributed by atoms with Crippen LogP contribution in [0.5, 0.6) is 0 Å². The Labute approximate surface area is 190 Å². The van der Waals surface area contributed by atoms with Crippen LogP contribution >= 0.6 is 23.7 Å². The average molecular weight is 467 g/mol. The van der Waals surface area contributed by atoms with Crippen molar-refractivity contribution in [1.29, 1.82) is 0 Å². The molecule has 4 heterocycles. The number of fused-ring (bicyclic) bond motifs is 2. The first-order chi connectivity index (χ1) is 14.6. The lowest BCUT2D eigenvalue weighted by atomic mass is 9.87. The standard InChI is InChI=1S/C22H27FN4O2S.ClH/c23-16-4-5-17-18(13-16)30-19(14-28)21(17)15-6-9-25(10-7-15)11-12-27-22(29)26-8-2-1-3-20(26)24-27;/h4-5,13,15,28H,1-3,6-12,14H2;1H. The van der Waals surface area contributed by atoms with Crippen LogP contribution in [0.1, 0.15) is 47.9 Å². The van der Waals surface area contributed by atoms with E-state index in [1.807, 2.05) is 10.6 Å². The van der Waals surface area contributed by atoms with Crippen molar-refractivity contribution in [2.45, 2.75) is 57.7 Å². The summed E-state index contributed by atoms with van der Waals surface area (Å²) in [6.45, 7) is 4.17. The van der Waals surface area contributed by atoms with Crippen molar-refractivity contribution in [3.8, 4) is 0 Å². The lowest BCUT2D eigenvalue weighted by Gasteiger charge is -2.32. The number of thiophene rings is 1. The molecule has 0 aliphatic carbocycles. The van der Waals surface area contributed by atoms with E-state index in [1.54, 1.807) is 10.7 Å². The Morgan fingerprint density at radius 3 is 2.71 bits per heavy atom. The third-order valence-electron chi connectivity index (χ3n) is 6.57. The molecule has 0 unspecified atom stereocenters. The van der Waals surface area contributed by atoms with Crippen LogP contribution in [0, 0.1) is 5.82 Å². The van der Waals surface area contributed by atoms with E-state index in [4.69, 9.17) is 0 Å². The molecule has 2 aliphatic heterocycles. The quantitative estimate of drug-likeness (QED) is 0.624. The summed E-state index contributed by atoms with van der Waals surface area (Å²) < 4.78 is 18.0. The number of aliphatic hydroxyl groups excluding tert-OH is 1. The predicted octanol–water partition coefficient (Wildman–Crippen LogP) is 3.53. The van der Waals surface area contributed by atoms with Gasteiger partial charge in [-0.1, -0.05) is 6.07 Å². The van der Waals surface area contributed by atoms with Crippen molar-refractivity contribution in [3.05, 3.63) is 50.8 Å². The number of likely N-dealkylation sites (tertiary alicyclic amines) is 1. The molecule has 0 amide bonds. The summed E-state index contributed by atoms with van der Waals surface area (Å²) in [5.41, 5.74) is 1.24. The van der Waals surface area contributed by atoms with Crippen molar-refractivity contribution in [3.63, 3.8) is 0 Å². The number of hydrogen-bond donors (Lipinski definition) is 1. The SMILES string of the molecule is Cl.O=c1n(CCN2CCC(c3c(CO)sc4cc(F)ccc34)CC2)nc2n1CCCC2. The highest BCUT2D eigenvalue weighted by Gasteiger charge is 2.26. The number of nitrogens with zero attached hydrogens (tertiary/aromatic N) is 4. The minimum absolute atomic E-state index is 0. The fourth-order valence-corrected chi connectivity index (χ4v) is 6.16. The zero-order valence-electron chi connectivity index (χ0n) is 17.4. The topological polar surface area (TPSA) is 63.3 Å². The Balaban J connectivity index is 0.00000231. The van der Waals surface area contributed by atoms with E-state index in [2.05, 4.69) is 10.00 Å². The van der Waals surface area contributed by atoms with Crippen LogP contribution in [0.25, 0.3) is 10.1 Å². The number of rotatable bonds is 5. The molecule has 1 fully saturated rings. The molecule has 31 heavy (non-hydrogen) atoms. The summed E-state index contributed by atoms with van der Waals surface area (Å²) in [5.74, 6) is 1.08. The van der Waals surface area contributed by atoms with Gasteiger partial charge in [-0.15, -0.1) is 23.7 Å². The number of benzene rings is 1. The van der Waals surface area contributed by atoms with E-state index in [-0.39, 0.29) is 30.5 Å². The van der Waals surface area contributed by atoms with Gasteiger partial charge in [0.2, 0.25) is 0 Å². The van der Waals surface area contributed by atoms with Crippen LogP contribution in [0.2, 0.25) is 0 Å². The second-order valence-electron chi connectivity index (χ2n) is 8.38. The first kappa shape index (κ1) is 22.5. The lowest BCUT2D eigenvalue weighted by Crippen LogP contribution is -2.37. The number of aromatic nitrogens is 3. The molecule has 0 bridgehead atoms. The average Bonchev–Trinajstić information content (AvgIpc) is 3.29. The van der Waals surface area contributed by atoms with E-state index in [1.165, 1.54) is 23.0 Å². The Bertz CT molecular complexity index is 1120. The Morgan fingerprint density at radius 1 is 1.16 bits per heavy atom. The summed E-state index contributed by atoms with van der Waals surface area (Å²) in [6.07, 6.45) is 5.09. The molecule has 2 aromatic heterocycles. The maximum atomic E-state index is 13.6. The van der Waals surface area contributed by atoms with E-state index in [0.29, 0.717) is 12.5 Å². The van der Waals surface area contributed by atoms with E-state index < -0.39 is 0 Å². The highest BCUT2D eigenvalue weighted by molar-refractivity contribution is 7.19. The van der Waals surface area contributed by atoms with Gasteiger partial charge in [-0.25, -0.2) is 13.9 Å². The number of halogens is 2. The second-order valence-corrected chi connectivity index (χ2v) is 9.52. The Kier molecular flexibility index (Phi) is 6.81. The van der Waals surface area contributed by atoms with Gasteiger partial charge in [0, 0.05) is 29.1 Å². The maximum absolute atomic E-state index is 13.6. The molecule has 1 N–H and O–H groups in total. The maximum Gasteiger partial charge on any atom is 0.345 e.